The Hall–Kier alpha value is -3.28. The van der Waals surface area contributed by atoms with Gasteiger partial charge in [0.2, 0.25) is 5.91 Å². The Morgan fingerprint density at radius 2 is 1.57 bits per heavy atom. The van der Waals surface area contributed by atoms with Crippen molar-refractivity contribution in [2.75, 3.05) is 32.7 Å². The molecule has 1 fully saturated rings. The second kappa shape index (κ2) is 14.2. The number of hydrogen-bond donors (Lipinski definition) is 2. The Morgan fingerprint density at radius 3 is 2.17 bits per heavy atom. The van der Waals surface area contributed by atoms with Crippen LogP contribution in [0.5, 0.6) is 5.75 Å². The summed E-state index contributed by atoms with van der Waals surface area (Å²) in [7, 11) is 0. The zero-order valence-corrected chi connectivity index (χ0v) is 27.4. The van der Waals surface area contributed by atoms with Gasteiger partial charge in [0.05, 0.1) is 5.54 Å². The van der Waals surface area contributed by atoms with Gasteiger partial charge in [0.25, 0.3) is 0 Å². The van der Waals surface area contributed by atoms with Crippen molar-refractivity contribution < 1.29 is 22.7 Å². The predicted octanol–water partition coefficient (Wildman–Crippen LogP) is 7.08. The van der Waals surface area contributed by atoms with Gasteiger partial charge in [-0.15, -0.1) is 13.2 Å². The van der Waals surface area contributed by atoms with Gasteiger partial charge in [0, 0.05) is 90.6 Å². The van der Waals surface area contributed by atoms with Crippen LogP contribution in [0, 0.1) is 0 Å². The van der Waals surface area contributed by atoms with Crippen LogP contribution in [0.4, 0.5) is 13.2 Å². The molecule has 3 N–H and O–H groups in total. The molecule has 1 amide bonds. The molecule has 0 saturated carbocycles. The van der Waals surface area contributed by atoms with Gasteiger partial charge in [-0.1, -0.05) is 47.5 Å². The lowest BCUT2D eigenvalue weighted by Crippen LogP contribution is -2.49. The molecule has 1 aliphatic heterocycles. The van der Waals surface area contributed by atoms with Gasteiger partial charge in [-0.25, -0.2) is 0 Å². The van der Waals surface area contributed by atoms with Crippen molar-refractivity contribution >= 4 is 40.0 Å². The van der Waals surface area contributed by atoms with E-state index >= 15 is 0 Å². The summed E-state index contributed by atoms with van der Waals surface area (Å²) in [6.07, 6.45) is -2.07. The van der Waals surface area contributed by atoms with Crippen LogP contribution in [0.1, 0.15) is 31.4 Å². The first-order valence-corrected chi connectivity index (χ1v) is 16.0. The van der Waals surface area contributed by atoms with E-state index in [0.29, 0.717) is 36.1 Å². The highest BCUT2D eigenvalue weighted by molar-refractivity contribution is 6.35. The number of nitrogens with one attached hydrogen (secondary N) is 1. The molecule has 4 aromatic rings. The molecule has 0 atom stereocenters. The Kier molecular flexibility index (Phi) is 10.5. The molecule has 1 aromatic heterocycles. The van der Waals surface area contributed by atoms with E-state index in [1.165, 1.54) is 12.1 Å². The molecule has 7 nitrogen and oxygen atoms in total. The highest BCUT2D eigenvalue weighted by Crippen LogP contribution is 2.34. The first kappa shape index (κ1) is 34.1. The van der Waals surface area contributed by atoms with Gasteiger partial charge in [0.1, 0.15) is 5.75 Å². The van der Waals surface area contributed by atoms with Crippen molar-refractivity contribution in [1.29, 1.82) is 0 Å². The molecule has 12 heteroatoms. The van der Waals surface area contributed by atoms with E-state index in [2.05, 4.69) is 42.6 Å². The normalized spacial score (nSPS) is 15.0. The second-order valence-electron chi connectivity index (χ2n) is 12.2. The summed E-state index contributed by atoms with van der Waals surface area (Å²) in [5.74, 6) is -0.486. The molecular weight excluding hydrogens is 638 g/mol. The van der Waals surface area contributed by atoms with E-state index < -0.39 is 11.9 Å². The number of benzene rings is 3. The van der Waals surface area contributed by atoms with Gasteiger partial charge < -0.3 is 20.4 Å². The van der Waals surface area contributed by atoms with Crippen LogP contribution in [0.2, 0.25) is 10.0 Å². The van der Waals surface area contributed by atoms with E-state index in [0.717, 1.165) is 65.9 Å². The highest BCUT2D eigenvalue weighted by atomic mass is 35.5. The van der Waals surface area contributed by atoms with Gasteiger partial charge in [-0.3, -0.25) is 14.6 Å². The summed E-state index contributed by atoms with van der Waals surface area (Å²) in [5.41, 5.74) is 9.71. The fourth-order valence-electron chi connectivity index (χ4n) is 5.64. The van der Waals surface area contributed by atoms with E-state index in [-0.39, 0.29) is 11.7 Å². The monoisotopic (exact) mass is 675 g/mol. The Labute approximate surface area is 277 Å². The lowest BCUT2D eigenvalue weighted by atomic mass is 10.0. The predicted molar refractivity (Wildman–Crippen MR) is 177 cm³/mol. The minimum absolute atomic E-state index is 0.218. The second-order valence-corrected chi connectivity index (χ2v) is 13.1. The standard InChI is InChI=1S/C34H38Cl2F3N5O2/c1-33(2,40)32(45)41-13-4-14-44-22-27(24-8-10-25(11-9-24)46-34(37,38)39)26-19-23(7-12-31(26)44)20-42-15-17-43(18-16-42)21-28-29(35)5-3-6-30(28)36/h3,5-12,19,22H,4,13-18,20-21,40H2,1-2H3,(H,41,45). The number of carbonyl (C=O) groups is 1. The number of carbonyl (C=O) groups excluding carboxylic acids is 1. The highest BCUT2D eigenvalue weighted by Gasteiger charge is 2.31. The number of fused-ring (bicyclic) bond motifs is 1. The largest absolute Gasteiger partial charge is 0.573 e. The van der Waals surface area contributed by atoms with Crippen LogP contribution in [0.25, 0.3) is 22.0 Å². The van der Waals surface area contributed by atoms with Gasteiger partial charge >= 0.3 is 6.36 Å². The van der Waals surface area contributed by atoms with Crippen molar-refractivity contribution in [3.05, 3.63) is 88.0 Å². The van der Waals surface area contributed by atoms with E-state index in [9.17, 15) is 18.0 Å². The Balaban J connectivity index is 1.31. The number of piperazine rings is 1. The number of amides is 1. The van der Waals surface area contributed by atoms with Crippen molar-refractivity contribution in [3.63, 3.8) is 0 Å². The number of nitrogens with zero attached hydrogens (tertiary/aromatic N) is 3. The van der Waals surface area contributed by atoms with E-state index in [1.54, 1.807) is 26.0 Å². The molecule has 2 heterocycles. The average molecular weight is 677 g/mol. The first-order valence-electron chi connectivity index (χ1n) is 15.2. The maximum Gasteiger partial charge on any atom is 0.573 e. The molecule has 0 unspecified atom stereocenters. The molecule has 0 bridgehead atoms. The maximum absolute atomic E-state index is 12.8. The molecule has 0 aliphatic carbocycles. The summed E-state index contributed by atoms with van der Waals surface area (Å²) in [6.45, 7) is 9.43. The smallest absolute Gasteiger partial charge is 0.406 e. The SMILES string of the molecule is CC(C)(N)C(=O)NCCCn1cc(-c2ccc(OC(F)(F)F)cc2)c2cc(CN3CCN(Cc4c(Cl)cccc4Cl)CC3)ccc21. The minimum Gasteiger partial charge on any atom is -0.406 e. The zero-order valence-electron chi connectivity index (χ0n) is 25.8. The van der Waals surface area contributed by atoms with Crippen LogP contribution in [-0.4, -0.2) is 64.9 Å². The number of rotatable bonds is 11. The number of aryl methyl sites for hydroxylation is 1. The molecule has 246 valence electrons. The minimum atomic E-state index is -4.76. The van der Waals surface area contributed by atoms with Crippen LogP contribution < -0.4 is 15.8 Å². The lowest BCUT2D eigenvalue weighted by Gasteiger charge is -2.35. The zero-order chi connectivity index (χ0) is 33.1. The summed E-state index contributed by atoms with van der Waals surface area (Å²) >= 11 is 12.8. The molecule has 0 spiro atoms. The van der Waals surface area contributed by atoms with Gasteiger partial charge in [-0.05, 0) is 67.8 Å². The molecule has 1 aliphatic rings. The third-order valence-corrected chi connectivity index (χ3v) is 8.81. The lowest BCUT2D eigenvalue weighted by molar-refractivity contribution is -0.274. The first-order chi connectivity index (χ1) is 21.8. The molecular formula is C34H38Cl2F3N5O2. The third kappa shape index (κ3) is 8.74. The van der Waals surface area contributed by atoms with Crippen molar-refractivity contribution in [1.82, 2.24) is 19.7 Å². The number of aromatic nitrogens is 1. The summed E-state index contributed by atoms with van der Waals surface area (Å²) < 4.78 is 44.5. The summed E-state index contributed by atoms with van der Waals surface area (Å²) in [6, 6.07) is 17.9. The molecule has 1 saturated heterocycles. The topological polar surface area (TPSA) is 75.8 Å². The van der Waals surface area contributed by atoms with Crippen molar-refractivity contribution in [2.24, 2.45) is 5.73 Å². The van der Waals surface area contributed by atoms with Crippen LogP contribution in [-0.2, 0) is 24.4 Å². The third-order valence-electron chi connectivity index (χ3n) is 8.11. The fraction of sp³-hybridized carbons (Fsp3) is 0.382. The summed E-state index contributed by atoms with van der Waals surface area (Å²) in [4.78, 5) is 16.9. The number of ether oxygens (including phenoxy) is 1. The molecule has 3 aromatic carbocycles. The van der Waals surface area contributed by atoms with E-state index in [4.69, 9.17) is 28.9 Å². The maximum atomic E-state index is 12.8. The molecule has 46 heavy (non-hydrogen) atoms. The quantitative estimate of drug-likeness (QED) is 0.166. The van der Waals surface area contributed by atoms with Gasteiger partial charge in [0.15, 0.2) is 0 Å². The van der Waals surface area contributed by atoms with Crippen LogP contribution in [0.15, 0.2) is 66.9 Å². The number of halogens is 5. The fourth-order valence-corrected chi connectivity index (χ4v) is 6.16. The molecule has 0 radical (unpaired) electrons. The Bertz CT molecular complexity index is 1640. The summed E-state index contributed by atoms with van der Waals surface area (Å²) in [5, 5.41) is 5.23. The Morgan fingerprint density at radius 1 is 0.935 bits per heavy atom. The van der Waals surface area contributed by atoms with Crippen LogP contribution >= 0.6 is 23.2 Å². The number of hydrogen-bond acceptors (Lipinski definition) is 5. The average Bonchev–Trinajstić information content (AvgIpc) is 3.35. The molecule has 5 rings (SSSR count). The van der Waals surface area contributed by atoms with Gasteiger partial charge in [-0.2, -0.15) is 0 Å². The van der Waals surface area contributed by atoms with Crippen LogP contribution in [0.3, 0.4) is 0 Å². The number of alkyl halides is 3. The van der Waals surface area contributed by atoms with Crippen molar-refractivity contribution in [3.8, 4) is 16.9 Å². The van der Waals surface area contributed by atoms with Crippen molar-refractivity contribution in [2.45, 2.75) is 51.8 Å². The van der Waals surface area contributed by atoms with E-state index in [1.807, 2.05) is 24.4 Å². The number of nitrogens with two attached hydrogens (primary N) is 1.